The fourth-order valence-electron chi connectivity index (χ4n) is 3.27. The van der Waals surface area contributed by atoms with Crippen LogP contribution in [-0.4, -0.2) is 5.11 Å². The Hall–Kier alpha value is -2.45. The van der Waals surface area contributed by atoms with Gasteiger partial charge in [0.1, 0.15) is 5.76 Å². The lowest BCUT2D eigenvalue weighted by Gasteiger charge is -2.19. The molecule has 1 aromatic rings. The van der Waals surface area contributed by atoms with Crippen LogP contribution in [0.2, 0.25) is 0 Å². The quantitative estimate of drug-likeness (QED) is 0.314. The minimum Gasteiger partial charge on any atom is -0.508 e. The van der Waals surface area contributed by atoms with E-state index in [-0.39, 0.29) is 19.3 Å². The summed E-state index contributed by atoms with van der Waals surface area (Å²) in [7, 11) is 0. The maximum atomic E-state index is 9.83. The van der Waals surface area contributed by atoms with Gasteiger partial charge in [0.15, 0.2) is 0 Å². The van der Waals surface area contributed by atoms with Crippen molar-refractivity contribution in [2.24, 2.45) is 5.92 Å². The molecule has 1 aromatic carbocycles. The maximum absolute atomic E-state index is 9.83. The molecule has 1 nitrogen and oxygen atoms in total. The van der Waals surface area contributed by atoms with Crippen molar-refractivity contribution in [1.29, 1.82) is 0 Å². The van der Waals surface area contributed by atoms with Crippen molar-refractivity contribution >= 4 is 19.1 Å². The first-order valence-electron chi connectivity index (χ1n) is 10.1. The van der Waals surface area contributed by atoms with Gasteiger partial charge < -0.3 is 5.11 Å². The molecule has 162 valence electrons. The van der Waals surface area contributed by atoms with E-state index in [1.807, 2.05) is 32.1 Å². The Labute approximate surface area is 191 Å². The van der Waals surface area contributed by atoms with E-state index < -0.39 is 0 Å². The van der Waals surface area contributed by atoms with E-state index in [0.29, 0.717) is 11.5 Å². The summed E-state index contributed by atoms with van der Waals surface area (Å²) >= 11 is 0. The molecule has 0 amide bonds. The van der Waals surface area contributed by atoms with Crippen molar-refractivity contribution in [1.82, 2.24) is 0 Å². The average molecular weight is 423 g/mol. The fraction of sp³-hybridized carbons (Fsp3) is 0.286. The third kappa shape index (κ3) is 7.42. The second-order valence-corrected chi connectivity index (χ2v) is 7.61. The molecule has 0 aromatic heterocycles. The molecular formula is C28H38OS. The minimum absolute atomic E-state index is 0. The van der Waals surface area contributed by atoms with E-state index in [0.717, 1.165) is 23.1 Å². The van der Waals surface area contributed by atoms with Crippen molar-refractivity contribution in [3.63, 3.8) is 0 Å². The van der Waals surface area contributed by atoms with E-state index in [9.17, 15) is 5.11 Å². The highest BCUT2D eigenvalue weighted by Crippen LogP contribution is 2.30. The van der Waals surface area contributed by atoms with E-state index in [1.54, 1.807) is 0 Å². The van der Waals surface area contributed by atoms with Crippen molar-refractivity contribution in [2.45, 2.75) is 48.0 Å². The molecule has 1 N–H and O–H groups in total. The summed E-state index contributed by atoms with van der Waals surface area (Å²) in [5, 5.41) is 9.83. The fourth-order valence-corrected chi connectivity index (χ4v) is 3.27. The first-order chi connectivity index (χ1) is 13.7. The molecule has 0 aliphatic carbocycles. The van der Waals surface area contributed by atoms with Crippen LogP contribution < -0.4 is 0 Å². The van der Waals surface area contributed by atoms with E-state index in [1.165, 1.54) is 22.3 Å². The molecule has 0 radical (unpaired) electrons. The van der Waals surface area contributed by atoms with E-state index >= 15 is 0 Å². The Morgan fingerprint density at radius 2 is 1.73 bits per heavy atom. The summed E-state index contributed by atoms with van der Waals surface area (Å²) in [6.07, 6.45) is 12.9. The summed E-state index contributed by atoms with van der Waals surface area (Å²) in [6.45, 7) is 24.4. The van der Waals surface area contributed by atoms with Crippen LogP contribution in [0.25, 0.3) is 5.57 Å². The SMILES string of the molecule is C=C/C(=C\C(=C)/C(=C\C)C(=C)O)c1cc(C)c(C)cc1CC(C)/C(C)=C/C=C\C.S. The highest BCUT2D eigenvalue weighted by molar-refractivity contribution is 7.59. The van der Waals surface area contributed by atoms with Gasteiger partial charge in [-0.2, -0.15) is 13.5 Å². The number of aliphatic hydroxyl groups is 1. The first-order valence-corrected chi connectivity index (χ1v) is 10.1. The second-order valence-electron chi connectivity index (χ2n) is 7.61. The number of aliphatic hydroxyl groups excluding tert-OH is 1. The standard InChI is InChI=1S/C28H36O.H2S/c1-10-13-14-19(4)20(5)15-26-16-21(6)22(7)18-28(26)25(11-2)17-23(8)27(12-3)24(9)29;/h10-14,16-18,20,29H,2,8-9,15H2,1,3-7H3;1H2/b13-10-,19-14+,25-17+,27-12+;. The Morgan fingerprint density at radius 3 is 2.23 bits per heavy atom. The largest absolute Gasteiger partial charge is 0.508 e. The normalized spacial score (nSPS) is 13.7. The summed E-state index contributed by atoms with van der Waals surface area (Å²) in [5.74, 6) is 0.445. The van der Waals surface area contributed by atoms with E-state index in [2.05, 4.69) is 77.8 Å². The smallest absolute Gasteiger partial charge is 0.115 e. The molecule has 0 spiro atoms. The lowest BCUT2D eigenvalue weighted by molar-refractivity contribution is 0.428. The zero-order chi connectivity index (χ0) is 22.1. The summed E-state index contributed by atoms with van der Waals surface area (Å²) < 4.78 is 0. The Morgan fingerprint density at radius 1 is 1.13 bits per heavy atom. The molecule has 30 heavy (non-hydrogen) atoms. The summed E-state index contributed by atoms with van der Waals surface area (Å²) in [6, 6.07) is 4.51. The van der Waals surface area contributed by atoms with Gasteiger partial charge in [0.2, 0.25) is 0 Å². The molecule has 0 aliphatic rings. The van der Waals surface area contributed by atoms with Crippen LogP contribution in [0.1, 0.15) is 49.9 Å². The molecule has 1 atom stereocenters. The van der Waals surface area contributed by atoms with Crippen molar-refractivity contribution in [3.8, 4) is 0 Å². The molecule has 0 bridgehead atoms. The highest BCUT2D eigenvalue weighted by Gasteiger charge is 2.14. The third-order valence-electron chi connectivity index (χ3n) is 5.38. The monoisotopic (exact) mass is 422 g/mol. The van der Waals surface area contributed by atoms with Crippen molar-refractivity contribution in [3.05, 3.63) is 113 Å². The number of allylic oxidation sites excluding steroid dienone is 9. The predicted molar refractivity (Wildman–Crippen MR) is 141 cm³/mol. The minimum atomic E-state index is 0. The summed E-state index contributed by atoms with van der Waals surface area (Å²) in [5.41, 5.74) is 8.70. The van der Waals surface area contributed by atoms with Crippen LogP contribution in [0.3, 0.4) is 0 Å². The van der Waals surface area contributed by atoms with Gasteiger partial charge in [-0.15, -0.1) is 0 Å². The van der Waals surface area contributed by atoms with Gasteiger partial charge in [-0.3, -0.25) is 0 Å². The molecule has 0 saturated carbocycles. The first kappa shape index (κ1) is 27.5. The third-order valence-corrected chi connectivity index (χ3v) is 5.38. The van der Waals surface area contributed by atoms with Gasteiger partial charge in [-0.1, -0.05) is 74.7 Å². The molecule has 0 fully saturated rings. The number of hydrogen-bond donors (Lipinski definition) is 1. The lowest BCUT2D eigenvalue weighted by atomic mass is 9.86. The maximum Gasteiger partial charge on any atom is 0.115 e. The zero-order valence-corrected chi connectivity index (χ0v) is 20.5. The summed E-state index contributed by atoms with van der Waals surface area (Å²) in [4.78, 5) is 0. The van der Waals surface area contributed by atoms with Crippen LogP contribution in [0, 0.1) is 19.8 Å². The van der Waals surface area contributed by atoms with Gasteiger partial charge >= 0.3 is 0 Å². The lowest BCUT2D eigenvalue weighted by Crippen LogP contribution is -2.05. The zero-order valence-electron chi connectivity index (χ0n) is 19.5. The number of aryl methyl sites for hydroxylation is 2. The molecule has 2 heteroatoms. The predicted octanol–water partition coefficient (Wildman–Crippen LogP) is 8.26. The number of benzene rings is 1. The van der Waals surface area contributed by atoms with Gasteiger partial charge in [0.25, 0.3) is 0 Å². The Balaban J connectivity index is 0.00000841. The molecule has 0 saturated heterocycles. The van der Waals surface area contributed by atoms with Crippen LogP contribution in [-0.2, 0) is 6.42 Å². The van der Waals surface area contributed by atoms with Crippen molar-refractivity contribution in [2.75, 3.05) is 0 Å². The van der Waals surface area contributed by atoms with Crippen molar-refractivity contribution < 1.29 is 5.11 Å². The highest BCUT2D eigenvalue weighted by atomic mass is 32.1. The van der Waals surface area contributed by atoms with Crippen LogP contribution in [0.4, 0.5) is 0 Å². The van der Waals surface area contributed by atoms with Crippen LogP contribution in [0.15, 0.2) is 90.8 Å². The van der Waals surface area contributed by atoms with Gasteiger partial charge in [0.05, 0.1) is 0 Å². The Bertz CT molecular complexity index is 907. The van der Waals surface area contributed by atoms with Crippen LogP contribution >= 0.6 is 13.5 Å². The van der Waals surface area contributed by atoms with Gasteiger partial charge in [-0.05, 0) is 86.4 Å². The van der Waals surface area contributed by atoms with Gasteiger partial charge in [0, 0.05) is 5.57 Å². The molecule has 0 aliphatic heterocycles. The Kier molecular flexibility index (Phi) is 11.9. The molecular weight excluding hydrogens is 384 g/mol. The van der Waals surface area contributed by atoms with E-state index in [4.69, 9.17) is 0 Å². The molecule has 0 heterocycles. The number of hydrogen-bond acceptors (Lipinski definition) is 1. The molecule has 1 unspecified atom stereocenters. The van der Waals surface area contributed by atoms with Gasteiger partial charge in [-0.25, -0.2) is 0 Å². The number of rotatable bonds is 9. The van der Waals surface area contributed by atoms with Crippen LogP contribution in [0.5, 0.6) is 0 Å². The topological polar surface area (TPSA) is 20.2 Å². The average Bonchev–Trinajstić information content (AvgIpc) is 2.67. The molecule has 1 rings (SSSR count). The second kappa shape index (κ2) is 13.0.